The minimum Gasteiger partial charge on any atom is -0.344 e. The number of rotatable bonds is 4. The second-order valence-electron chi connectivity index (χ2n) is 3.88. The Morgan fingerprint density at radius 3 is 2.75 bits per heavy atom. The Labute approximate surface area is 98.0 Å². The maximum Gasteiger partial charge on any atom is 0.245 e. The van der Waals surface area contributed by atoms with Gasteiger partial charge in [0, 0.05) is 42.3 Å². The molecule has 1 aliphatic rings. The van der Waals surface area contributed by atoms with Gasteiger partial charge in [-0.3, -0.25) is 13.8 Å². The average molecular weight is 246 g/mol. The van der Waals surface area contributed by atoms with Gasteiger partial charge in [-0.1, -0.05) is 6.92 Å². The van der Waals surface area contributed by atoms with Crippen molar-refractivity contribution in [1.29, 1.82) is 0 Å². The van der Waals surface area contributed by atoms with Crippen LogP contribution in [0, 0.1) is 0 Å². The lowest BCUT2D eigenvalue weighted by molar-refractivity contribution is -0.133. The fourth-order valence-corrected chi connectivity index (χ4v) is 2.11. The Hall–Kier alpha value is -0.910. The van der Waals surface area contributed by atoms with Gasteiger partial charge in [-0.15, -0.1) is 0 Å². The van der Waals surface area contributed by atoms with Crippen molar-refractivity contribution in [3.63, 3.8) is 0 Å². The van der Waals surface area contributed by atoms with E-state index in [4.69, 9.17) is 0 Å². The average Bonchev–Trinajstić information content (AvgIpc) is 2.36. The van der Waals surface area contributed by atoms with E-state index in [0.29, 0.717) is 31.7 Å². The summed E-state index contributed by atoms with van der Waals surface area (Å²) in [7, 11) is -0.909. The minimum absolute atomic E-state index is 0.0567. The Balaban J connectivity index is 2.64. The van der Waals surface area contributed by atoms with Crippen molar-refractivity contribution in [3.8, 4) is 0 Å². The van der Waals surface area contributed by atoms with Gasteiger partial charge in [-0.25, -0.2) is 0 Å². The molecule has 92 valence electrons. The summed E-state index contributed by atoms with van der Waals surface area (Å²) in [6.07, 6.45) is 2.54. The maximum atomic E-state index is 11.9. The van der Waals surface area contributed by atoms with Crippen molar-refractivity contribution >= 4 is 22.6 Å². The summed E-state index contributed by atoms with van der Waals surface area (Å²) in [5.74, 6) is 0.329. The second-order valence-corrected chi connectivity index (χ2v) is 5.44. The van der Waals surface area contributed by atoms with Crippen LogP contribution in [0.4, 0.5) is 0 Å². The van der Waals surface area contributed by atoms with Crippen LogP contribution in [-0.4, -0.2) is 52.1 Å². The normalized spacial score (nSPS) is 23.9. The molecular formula is C10H18N2O3S. The lowest BCUT2D eigenvalue weighted by Gasteiger charge is -2.22. The number of amides is 2. The molecule has 2 amide bonds. The van der Waals surface area contributed by atoms with Gasteiger partial charge >= 0.3 is 0 Å². The molecule has 16 heavy (non-hydrogen) atoms. The van der Waals surface area contributed by atoms with E-state index < -0.39 is 16.8 Å². The molecule has 6 heteroatoms. The summed E-state index contributed by atoms with van der Waals surface area (Å²) in [6.45, 7) is 2.76. The van der Waals surface area contributed by atoms with Gasteiger partial charge in [-0.2, -0.15) is 0 Å². The maximum absolute atomic E-state index is 11.9. The van der Waals surface area contributed by atoms with Crippen LogP contribution in [-0.2, 0) is 20.4 Å². The SMILES string of the molecule is CCC1NC(=O)CCN(CCS(C)=O)C1=O. The fraction of sp³-hybridized carbons (Fsp3) is 0.800. The van der Waals surface area contributed by atoms with E-state index >= 15 is 0 Å². The molecule has 1 fully saturated rings. The van der Waals surface area contributed by atoms with E-state index in [9.17, 15) is 13.8 Å². The summed E-state index contributed by atoms with van der Waals surface area (Å²) in [5.41, 5.74) is 0. The molecule has 0 aromatic carbocycles. The number of nitrogens with one attached hydrogen (secondary N) is 1. The predicted molar refractivity (Wildman–Crippen MR) is 62.4 cm³/mol. The second kappa shape index (κ2) is 5.98. The van der Waals surface area contributed by atoms with Gasteiger partial charge in [-0.05, 0) is 6.42 Å². The van der Waals surface area contributed by atoms with Crippen LogP contribution < -0.4 is 5.32 Å². The Morgan fingerprint density at radius 2 is 2.19 bits per heavy atom. The van der Waals surface area contributed by atoms with E-state index in [1.54, 1.807) is 11.2 Å². The Kier molecular flexibility index (Phi) is 4.92. The minimum atomic E-state index is -0.909. The number of carbonyl (C=O) groups excluding carboxylic acids is 2. The van der Waals surface area contributed by atoms with Crippen LogP contribution in [0.2, 0.25) is 0 Å². The molecule has 1 aliphatic heterocycles. The summed E-state index contributed by atoms with van der Waals surface area (Å²) >= 11 is 0. The molecule has 1 rings (SSSR count). The van der Waals surface area contributed by atoms with Gasteiger partial charge < -0.3 is 10.2 Å². The van der Waals surface area contributed by atoms with Gasteiger partial charge in [0.05, 0.1) is 0 Å². The van der Waals surface area contributed by atoms with Crippen LogP contribution in [0.1, 0.15) is 19.8 Å². The van der Waals surface area contributed by atoms with Crippen molar-refractivity contribution in [3.05, 3.63) is 0 Å². The highest BCUT2D eigenvalue weighted by Crippen LogP contribution is 2.06. The first-order chi connectivity index (χ1) is 7.54. The van der Waals surface area contributed by atoms with E-state index in [-0.39, 0.29) is 11.8 Å². The molecular weight excluding hydrogens is 228 g/mol. The lowest BCUT2D eigenvalue weighted by atomic mass is 10.2. The van der Waals surface area contributed by atoms with Crippen LogP contribution in [0.5, 0.6) is 0 Å². The van der Waals surface area contributed by atoms with Crippen LogP contribution in [0.15, 0.2) is 0 Å². The molecule has 1 heterocycles. The molecule has 0 radical (unpaired) electrons. The number of hydrogen-bond donors (Lipinski definition) is 1. The van der Waals surface area contributed by atoms with Crippen LogP contribution in [0.3, 0.4) is 0 Å². The third-order valence-electron chi connectivity index (χ3n) is 2.61. The molecule has 2 atom stereocenters. The monoisotopic (exact) mass is 246 g/mol. The number of hydrogen-bond acceptors (Lipinski definition) is 3. The van der Waals surface area contributed by atoms with Gasteiger partial charge in [0.15, 0.2) is 0 Å². The highest BCUT2D eigenvalue weighted by atomic mass is 32.2. The van der Waals surface area contributed by atoms with Crippen LogP contribution in [0.25, 0.3) is 0 Å². The number of carbonyl (C=O) groups is 2. The molecule has 1 N–H and O–H groups in total. The fourth-order valence-electron chi connectivity index (χ4n) is 1.63. The Bertz CT molecular complexity index is 306. The highest BCUT2D eigenvalue weighted by Gasteiger charge is 2.28. The largest absolute Gasteiger partial charge is 0.344 e. The van der Waals surface area contributed by atoms with Crippen molar-refractivity contribution < 1.29 is 13.8 Å². The molecule has 0 aliphatic carbocycles. The van der Waals surface area contributed by atoms with Crippen molar-refractivity contribution in [2.45, 2.75) is 25.8 Å². The molecule has 0 aromatic rings. The smallest absolute Gasteiger partial charge is 0.245 e. The third kappa shape index (κ3) is 3.59. The summed E-state index contributed by atoms with van der Waals surface area (Å²) < 4.78 is 11.0. The van der Waals surface area contributed by atoms with E-state index in [1.165, 1.54) is 0 Å². The lowest BCUT2D eigenvalue weighted by Crippen LogP contribution is -2.45. The van der Waals surface area contributed by atoms with Crippen LogP contribution >= 0.6 is 0 Å². The zero-order valence-electron chi connectivity index (χ0n) is 9.69. The molecule has 2 unspecified atom stereocenters. The topological polar surface area (TPSA) is 66.5 Å². The first kappa shape index (κ1) is 13.2. The molecule has 0 aromatic heterocycles. The molecule has 0 bridgehead atoms. The summed E-state index contributed by atoms with van der Waals surface area (Å²) in [6, 6.07) is -0.416. The molecule has 0 saturated carbocycles. The van der Waals surface area contributed by atoms with Crippen molar-refractivity contribution in [2.24, 2.45) is 0 Å². The van der Waals surface area contributed by atoms with E-state index in [2.05, 4.69) is 5.32 Å². The van der Waals surface area contributed by atoms with Crippen molar-refractivity contribution in [1.82, 2.24) is 10.2 Å². The number of nitrogens with zero attached hydrogens (tertiary/aromatic N) is 1. The third-order valence-corrected chi connectivity index (χ3v) is 3.37. The van der Waals surface area contributed by atoms with E-state index in [0.717, 1.165) is 0 Å². The van der Waals surface area contributed by atoms with Gasteiger partial charge in [0.25, 0.3) is 0 Å². The quantitative estimate of drug-likeness (QED) is 0.726. The molecule has 1 saturated heterocycles. The Morgan fingerprint density at radius 1 is 1.50 bits per heavy atom. The van der Waals surface area contributed by atoms with Crippen molar-refractivity contribution in [2.75, 3.05) is 25.1 Å². The highest BCUT2D eigenvalue weighted by molar-refractivity contribution is 7.84. The molecule has 0 spiro atoms. The predicted octanol–water partition coefficient (Wildman–Crippen LogP) is -0.508. The van der Waals surface area contributed by atoms with E-state index in [1.807, 2.05) is 6.92 Å². The zero-order chi connectivity index (χ0) is 12.1. The zero-order valence-corrected chi connectivity index (χ0v) is 10.5. The van der Waals surface area contributed by atoms with Gasteiger partial charge in [0.2, 0.25) is 11.8 Å². The first-order valence-electron chi connectivity index (χ1n) is 5.42. The molecule has 5 nitrogen and oxygen atoms in total. The van der Waals surface area contributed by atoms with Gasteiger partial charge in [0.1, 0.15) is 6.04 Å². The summed E-state index contributed by atoms with van der Waals surface area (Å²) in [4.78, 5) is 24.9. The standard InChI is InChI=1S/C10H18N2O3S/c1-3-8-10(14)12(6-7-16(2)15)5-4-9(13)11-8/h8H,3-7H2,1-2H3,(H,11,13). The summed E-state index contributed by atoms with van der Waals surface area (Å²) in [5, 5.41) is 2.69. The first-order valence-corrected chi connectivity index (χ1v) is 7.15.